The molecule has 0 heteroatoms. The lowest BCUT2D eigenvalue weighted by atomic mass is 10.0. The standard InChI is InChI=1S/C13H14/c1-2-3-5-11-6-4-7-13(10-11)12-8-9-12/h1,4,6-7,10,12H,3,5,8-9H2. The Morgan fingerprint density at radius 1 is 1.38 bits per heavy atom. The molecule has 2 rings (SSSR count). The van der Waals surface area contributed by atoms with Crippen molar-refractivity contribution >= 4 is 0 Å². The smallest absolute Gasteiger partial charge is 0.0127 e. The lowest BCUT2D eigenvalue weighted by Gasteiger charge is -2.01. The van der Waals surface area contributed by atoms with E-state index in [2.05, 4.69) is 30.2 Å². The van der Waals surface area contributed by atoms with E-state index in [0.29, 0.717) is 0 Å². The van der Waals surface area contributed by atoms with Crippen LogP contribution in [0, 0.1) is 12.3 Å². The van der Waals surface area contributed by atoms with Gasteiger partial charge in [0.05, 0.1) is 0 Å². The average molecular weight is 170 g/mol. The van der Waals surface area contributed by atoms with Crippen LogP contribution < -0.4 is 0 Å². The maximum atomic E-state index is 5.24. The molecule has 1 aliphatic rings. The molecule has 0 amide bonds. The van der Waals surface area contributed by atoms with Crippen molar-refractivity contribution in [3.8, 4) is 12.3 Å². The summed E-state index contributed by atoms with van der Waals surface area (Å²) in [4.78, 5) is 0. The molecule has 0 aliphatic heterocycles. The van der Waals surface area contributed by atoms with E-state index in [1.54, 1.807) is 0 Å². The molecule has 66 valence electrons. The normalized spacial score (nSPS) is 15.3. The van der Waals surface area contributed by atoms with Gasteiger partial charge in [-0.3, -0.25) is 0 Å². The van der Waals surface area contributed by atoms with Crippen molar-refractivity contribution in [1.29, 1.82) is 0 Å². The number of benzene rings is 1. The van der Waals surface area contributed by atoms with Crippen LogP contribution in [0.15, 0.2) is 24.3 Å². The largest absolute Gasteiger partial charge is 0.120 e. The Bertz CT molecular complexity index is 326. The second kappa shape index (κ2) is 3.66. The van der Waals surface area contributed by atoms with Crippen molar-refractivity contribution in [3.63, 3.8) is 0 Å². The highest BCUT2D eigenvalue weighted by Crippen LogP contribution is 2.40. The molecular formula is C13H14. The fraction of sp³-hybridized carbons (Fsp3) is 0.385. The van der Waals surface area contributed by atoms with Gasteiger partial charge in [0.15, 0.2) is 0 Å². The van der Waals surface area contributed by atoms with E-state index in [1.807, 2.05) is 0 Å². The zero-order chi connectivity index (χ0) is 9.10. The molecule has 1 fully saturated rings. The molecule has 1 saturated carbocycles. The summed E-state index contributed by atoms with van der Waals surface area (Å²) in [5, 5.41) is 0. The maximum Gasteiger partial charge on any atom is 0.0127 e. The third-order valence-electron chi connectivity index (χ3n) is 2.56. The molecule has 13 heavy (non-hydrogen) atoms. The molecule has 0 bridgehead atoms. The summed E-state index contributed by atoms with van der Waals surface area (Å²) >= 11 is 0. The number of hydrogen-bond acceptors (Lipinski definition) is 0. The van der Waals surface area contributed by atoms with Crippen LogP contribution >= 0.6 is 0 Å². The van der Waals surface area contributed by atoms with Crippen LogP contribution in [0.4, 0.5) is 0 Å². The Morgan fingerprint density at radius 3 is 2.92 bits per heavy atom. The number of hydrogen-bond donors (Lipinski definition) is 0. The van der Waals surface area contributed by atoms with Crippen molar-refractivity contribution < 1.29 is 0 Å². The molecule has 0 unspecified atom stereocenters. The van der Waals surface area contributed by atoms with Gasteiger partial charge in [-0.15, -0.1) is 12.3 Å². The fourth-order valence-electron chi connectivity index (χ4n) is 1.64. The van der Waals surface area contributed by atoms with E-state index in [0.717, 1.165) is 18.8 Å². The third-order valence-corrected chi connectivity index (χ3v) is 2.56. The topological polar surface area (TPSA) is 0 Å². The Kier molecular flexibility index (Phi) is 2.36. The Hall–Kier alpha value is -1.22. The minimum Gasteiger partial charge on any atom is -0.120 e. The van der Waals surface area contributed by atoms with Crippen LogP contribution in [-0.4, -0.2) is 0 Å². The van der Waals surface area contributed by atoms with Gasteiger partial charge in [0.1, 0.15) is 0 Å². The van der Waals surface area contributed by atoms with Gasteiger partial charge in [0, 0.05) is 6.42 Å². The molecule has 0 spiro atoms. The van der Waals surface area contributed by atoms with Crippen LogP contribution in [0.1, 0.15) is 36.3 Å². The molecule has 0 N–H and O–H groups in total. The molecular weight excluding hydrogens is 156 g/mol. The molecule has 0 radical (unpaired) electrons. The minimum atomic E-state index is 0.853. The lowest BCUT2D eigenvalue weighted by Crippen LogP contribution is -1.86. The molecule has 0 atom stereocenters. The first-order valence-electron chi connectivity index (χ1n) is 4.92. The highest BCUT2D eigenvalue weighted by Gasteiger charge is 2.23. The van der Waals surface area contributed by atoms with Crippen molar-refractivity contribution in [3.05, 3.63) is 35.4 Å². The zero-order valence-corrected chi connectivity index (χ0v) is 7.79. The van der Waals surface area contributed by atoms with Crippen molar-refractivity contribution in [2.75, 3.05) is 0 Å². The second-order valence-corrected chi connectivity index (χ2v) is 3.72. The predicted octanol–water partition coefficient (Wildman–Crippen LogP) is 3.13. The Morgan fingerprint density at radius 2 is 2.23 bits per heavy atom. The summed E-state index contributed by atoms with van der Waals surface area (Å²) in [6, 6.07) is 8.87. The summed E-state index contributed by atoms with van der Waals surface area (Å²) in [5.41, 5.74) is 2.90. The van der Waals surface area contributed by atoms with Crippen LogP contribution in [0.2, 0.25) is 0 Å². The first-order chi connectivity index (χ1) is 6.40. The van der Waals surface area contributed by atoms with E-state index < -0.39 is 0 Å². The van der Waals surface area contributed by atoms with E-state index in [1.165, 1.54) is 24.0 Å². The Labute approximate surface area is 80.0 Å². The molecule has 0 aromatic heterocycles. The van der Waals surface area contributed by atoms with Gasteiger partial charge in [-0.25, -0.2) is 0 Å². The van der Waals surface area contributed by atoms with Gasteiger partial charge in [-0.1, -0.05) is 24.3 Å². The van der Waals surface area contributed by atoms with Gasteiger partial charge in [-0.05, 0) is 36.3 Å². The van der Waals surface area contributed by atoms with Gasteiger partial charge in [0.2, 0.25) is 0 Å². The van der Waals surface area contributed by atoms with E-state index >= 15 is 0 Å². The summed E-state index contributed by atoms with van der Waals surface area (Å²) in [7, 11) is 0. The predicted molar refractivity (Wildman–Crippen MR) is 55.6 cm³/mol. The lowest BCUT2D eigenvalue weighted by molar-refractivity contribution is 1.01. The fourth-order valence-corrected chi connectivity index (χ4v) is 1.64. The monoisotopic (exact) mass is 170 g/mol. The molecule has 1 aromatic carbocycles. The van der Waals surface area contributed by atoms with E-state index in [4.69, 9.17) is 6.42 Å². The van der Waals surface area contributed by atoms with Crippen LogP contribution in [0.5, 0.6) is 0 Å². The van der Waals surface area contributed by atoms with Crippen molar-refractivity contribution in [2.24, 2.45) is 0 Å². The first-order valence-corrected chi connectivity index (χ1v) is 4.92. The van der Waals surface area contributed by atoms with Crippen LogP contribution in [0.3, 0.4) is 0 Å². The van der Waals surface area contributed by atoms with Gasteiger partial charge < -0.3 is 0 Å². The summed E-state index contributed by atoms with van der Waals surface area (Å²) in [5.74, 6) is 3.53. The Balaban J connectivity index is 2.08. The van der Waals surface area contributed by atoms with Crippen molar-refractivity contribution in [1.82, 2.24) is 0 Å². The van der Waals surface area contributed by atoms with E-state index in [-0.39, 0.29) is 0 Å². The number of aryl methyl sites for hydroxylation is 1. The van der Waals surface area contributed by atoms with Gasteiger partial charge in [0.25, 0.3) is 0 Å². The molecule has 0 saturated heterocycles. The zero-order valence-electron chi connectivity index (χ0n) is 7.79. The van der Waals surface area contributed by atoms with Gasteiger partial charge in [-0.2, -0.15) is 0 Å². The second-order valence-electron chi connectivity index (χ2n) is 3.72. The van der Waals surface area contributed by atoms with Crippen molar-refractivity contribution in [2.45, 2.75) is 31.6 Å². The average Bonchev–Trinajstić information content (AvgIpc) is 2.98. The van der Waals surface area contributed by atoms with Crippen LogP contribution in [0.25, 0.3) is 0 Å². The molecule has 1 aromatic rings. The summed E-state index contributed by atoms with van der Waals surface area (Å²) in [6.07, 6.45) is 9.86. The molecule has 0 heterocycles. The molecule has 0 nitrogen and oxygen atoms in total. The first kappa shape index (κ1) is 8.38. The summed E-state index contributed by atoms with van der Waals surface area (Å²) in [6.45, 7) is 0. The third kappa shape index (κ3) is 2.12. The highest BCUT2D eigenvalue weighted by molar-refractivity contribution is 5.29. The van der Waals surface area contributed by atoms with Crippen LogP contribution in [-0.2, 0) is 6.42 Å². The quantitative estimate of drug-likeness (QED) is 0.611. The SMILES string of the molecule is C#CCCc1cccc(C2CC2)c1. The highest BCUT2D eigenvalue weighted by atomic mass is 14.3. The molecule has 1 aliphatic carbocycles. The van der Waals surface area contributed by atoms with E-state index in [9.17, 15) is 0 Å². The summed E-state index contributed by atoms with van der Waals surface area (Å²) < 4.78 is 0. The van der Waals surface area contributed by atoms with Gasteiger partial charge >= 0.3 is 0 Å². The maximum absolute atomic E-state index is 5.24. The minimum absolute atomic E-state index is 0.853. The number of terminal acetylenes is 1. The number of rotatable bonds is 3.